The standard InChI is InChI=1S/C21H20N6O3S/c1-26-21-17(12-23-26)3-2-4-19(21)25-31(28,29)18-13-24-27(14-18)20-11-16(5-8-22-20)15-6-9-30-10-7-15/h2-6,8,11-14,25H,7,9-10H2,1H3. The second-order valence-electron chi connectivity index (χ2n) is 7.19. The molecule has 9 nitrogen and oxygen atoms in total. The van der Waals surface area contributed by atoms with Gasteiger partial charge >= 0.3 is 0 Å². The fraction of sp³-hybridized carbons (Fsp3) is 0.190. The summed E-state index contributed by atoms with van der Waals surface area (Å²) in [6, 6.07) is 9.19. The SMILES string of the molecule is Cn1ncc2cccc(NS(=O)(=O)c3cnn(-c4cc(C5=CCOCC5)ccn4)c3)c21. The van der Waals surface area contributed by atoms with Gasteiger partial charge in [0.2, 0.25) is 0 Å². The van der Waals surface area contributed by atoms with Gasteiger partial charge in [0.05, 0.1) is 43.0 Å². The summed E-state index contributed by atoms with van der Waals surface area (Å²) in [5, 5.41) is 9.27. The number of benzene rings is 1. The van der Waals surface area contributed by atoms with Crippen molar-refractivity contribution < 1.29 is 13.2 Å². The summed E-state index contributed by atoms with van der Waals surface area (Å²) in [4.78, 5) is 4.39. The number of hydrogen-bond acceptors (Lipinski definition) is 6. The Morgan fingerprint density at radius 3 is 2.90 bits per heavy atom. The van der Waals surface area contributed by atoms with E-state index in [0.717, 1.165) is 17.4 Å². The number of aryl methyl sites for hydroxylation is 1. The number of hydrogen-bond donors (Lipinski definition) is 1. The van der Waals surface area contributed by atoms with Gasteiger partial charge in [-0.1, -0.05) is 18.2 Å². The third-order valence-corrected chi connectivity index (χ3v) is 6.51. The van der Waals surface area contributed by atoms with E-state index in [1.54, 1.807) is 36.3 Å². The Kier molecular flexibility index (Phi) is 4.79. The topological polar surface area (TPSA) is 104 Å². The maximum Gasteiger partial charge on any atom is 0.265 e. The number of sulfonamides is 1. The first-order valence-corrected chi connectivity index (χ1v) is 11.2. The van der Waals surface area contributed by atoms with Gasteiger partial charge in [0.25, 0.3) is 10.0 Å². The Morgan fingerprint density at radius 1 is 1.16 bits per heavy atom. The van der Waals surface area contributed by atoms with E-state index in [4.69, 9.17) is 4.74 Å². The van der Waals surface area contributed by atoms with E-state index in [0.29, 0.717) is 30.2 Å². The van der Waals surface area contributed by atoms with Crippen molar-refractivity contribution in [1.29, 1.82) is 0 Å². The van der Waals surface area contributed by atoms with Crippen LogP contribution in [0.15, 0.2) is 66.1 Å². The lowest BCUT2D eigenvalue weighted by atomic mass is 10.0. The molecule has 0 bridgehead atoms. The molecule has 0 atom stereocenters. The molecule has 4 heterocycles. The van der Waals surface area contributed by atoms with Crippen LogP contribution in [0.5, 0.6) is 0 Å². The number of fused-ring (bicyclic) bond motifs is 1. The Labute approximate surface area is 179 Å². The number of ether oxygens (including phenoxy) is 1. The Morgan fingerprint density at radius 2 is 2.06 bits per heavy atom. The molecule has 158 valence electrons. The molecule has 0 aliphatic carbocycles. The maximum absolute atomic E-state index is 13.0. The van der Waals surface area contributed by atoms with Gasteiger partial charge in [-0.15, -0.1) is 0 Å². The largest absolute Gasteiger partial charge is 0.377 e. The van der Waals surface area contributed by atoms with E-state index >= 15 is 0 Å². The average Bonchev–Trinajstić information content (AvgIpc) is 3.43. The van der Waals surface area contributed by atoms with Crippen LogP contribution < -0.4 is 4.72 Å². The smallest absolute Gasteiger partial charge is 0.265 e. The summed E-state index contributed by atoms with van der Waals surface area (Å²) >= 11 is 0. The quantitative estimate of drug-likeness (QED) is 0.516. The van der Waals surface area contributed by atoms with Gasteiger partial charge < -0.3 is 4.74 Å². The predicted octanol–water partition coefficient (Wildman–Crippen LogP) is 2.76. The molecule has 1 aliphatic heterocycles. The lowest BCUT2D eigenvalue weighted by molar-refractivity contribution is 0.161. The highest BCUT2D eigenvalue weighted by Crippen LogP contribution is 2.26. The maximum atomic E-state index is 13.0. The molecule has 1 aliphatic rings. The van der Waals surface area contributed by atoms with Crippen molar-refractivity contribution in [2.75, 3.05) is 17.9 Å². The fourth-order valence-electron chi connectivity index (χ4n) is 3.62. The van der Waals surface area contributed by atoms with E-state index in [1.165, 1.54) is 22.6 Å². The highest BCUT2D eigenvalue weighted by atomic mass is 32.2. The van der Waals surface area contributed by atoms with Gasteiger partial charge in [-0.2, -0.15) is 10.2 Å². The normalized spacial score (nSPS) is 14.5. The Balaban J connectivity index is 1.45. The lowest BCUT2D eigenvalue weighted by Crippen LogP contribution is -2.13. The summed E-state index contributed by atoms with van der Waals surface area (Å²) in [6.45, 7) is 1.27. The first kappa shape index (κ1) is 19.5. The van der Waals surface area contributed by atoms with Crippen LogP contribution in [0.3, 0.4) is 0 Å². The summed E-state index contributed by atoms with van der Waals surface area (Å²) in [6.07, 6.45) is 9.02. The van der Waals surface area contributed by atoms with Gasteiger partial charge in [0.1, 0.15) is 4.90 Å². The number of rotatable bonds is 5. The zero-order valence-electron chi connectivity index (χ0n) is 16.8. The minimum absolute atomic E-state index is 0.0455. The number of para-hydroxylation sites is 1. The van der Waals surface area contributed by atoms with Crippen LogP contribution >= 0.6 is 0 Å². The zero-order valence-corrected chi connectivity index (χ0v) is 17.6. The fourth-order valence-corrected chi connectivity index (χ4v) is 4.62. The lowest BCUT2D eigenvalue weighted by Gasteiger charge is -2.14. The predicted molar refractivity (Wildman–Crippen MR) is 116 cm³/mol. The zero-order chi connectivity index (χ0) is 21.4. The summed E-state index contributed by atoms with van der Waals surface area (Å²) < 4.78 is 37.1. The molecular weight excluding hydrogens is 416 g/mol. The van der Waals surface area contributed by atoms with Gasteiger partial charge in [-0.3, -0.25) is 9.40 Å². The van der Waals surface area contributed by atoms with E-state index in [9.17, 15) is 8.42 Å². The third-order valence-electron chi connectivity index (χ3n) is 5.19. The van der Waals surface area contributed by atoms with Crippen LogP contribution in [-0.4, -0.2) is 46.2 Å². The second kappa shape index (κ2) is 7.64. The van der Waals surface area contributed by atoms with Gasteiger partial charge in [0, 0.05) is 18.6 Å². The van der Waals surface area contributed by atoms with Crippen molar-refractivity contribution in [2.45, 2.75) is 11.3 Å². The number of anilines is 1. The van der Waals surface area contributed by atoms with Crippen LogP contribution in [0.4, 0.5) is 5.69 Å². The Hall–Kier alpha value is -3.50. The van der Waals surface area contributed by atoms with Crippen molar-refractivity contribution >= 4 is 32.2 Å². The molecular formula is C21H20N6O3S. The molecule has 0 unspecified atom stereocenters. The van der Waals surface area contributed by atoms with Gasteiger partial charge in [-0.25, -0.2) is 18.1 Å². The van der Waals surface area contributed by atoms with Crippen molar-refractivity contribution in [1.82, 2.24) is 24.5 Å². The Bertz CT molecular complexity index is 1400. The van der Waals surface area contributed by atoms with Crippen molar-refractivity contribution in [2.24, 2.45) is 7.05 Å². The van der Waals surface area contributed by atoms with E-state index < -0.39 is 10.0 Å². The molecule has 0 radical (unpaired) electrons. The number of nitrogens with zero attached hydrogens (tertiary/aromatic N) is 5. The number of aromatic nitrogens is 5. The van der Waals surface area contributed by atoms with Gasteiger partial charge in [0.15, 0.2) is 5.82 Å². The van der Waals surface area contributed by atoms with Crippen LogP contribution in [-0.2, 0) is 21.8 Å². The minimum Gasteiger partial charge on any atom is -0.377 e. The molecule has 4 aromatic rings. The van der Waals surface area contributed by atoms with Crippen molar-refractivity contribution in [3.05, 3.63) is 66.8 Å². The summed E-state index contributed by atoms with van der Waals surface area (Å²) in [5.41, 5.74) is 3.37. The molecule has 31 heavy (non-hydrogen) atoms. The van der Waals surface area contributed by atoms with Crippen LogP contribution in [0.1, 0.15) is 12.0 Å². The third kappa shape index (κ3) is 3.71. The van der Waals surface area contributed by atoms with E-state index in [-0.39, 0.29) is 4.90 Å². The second-order valence-corrected chi connectivity index (χ2v) is 8.88. The first-order chi connectivity index (χ1) is 15.0. The van der Waals surface area contributed by atoms with Crippen LogP contribution in [0, 0.1) is 0 Å². The number of nitrogens with one attached hydrogen (secondary N) is 1. The monoisotopic (exact) mass is 436 g/mol. The molecule has 1 N–H and O–H groups in total. The van der Waals surface area contributed by atoms with Crippen LogP contribution in [0.25, 0.3) is 22.3 Å². The van der Waals surface area contributed by atoms with E-state index in [2.05, 4.69) is 19.9 Å². The number of pyridine rings is 1. The molecule has 5 rings (SSSR count). The molecule has 0 fully saturated rings. The molecule has 10 heteroatoms. The first-order valence-electron chi connectivity index (χ1n) is 9.73. The van der Waals surface area contributed by atoms with Crippen LogP contribution in [0.2, 0.25) is 0 Å². The highest BCUT2D eigenvalue weighted by Gasteiger charge is 2.20. The van der Waals surface area contributed by atoms with E-state index in [1.807, 2.05) is 24.3 Å². The van der Waals surface area contributed by atoms with Crippen molar-refractivity contribution in [3.8, 4) is 5.82 Å². The molecule has 0 amide bonds. The average molecular weight is 436 g/mol. The van der Waals surface area contributed by atoms with Gasteiger partial charge in [-0.05, 0) is 35.8 Å². The summed E-state index contributed by atoms with van der Waals surface area (Å²) in [7, 11) is -2.08. The summed E-state index contributed by atoms with van der Waals surface area (Å²) in [5.74, 6) is 0.542. The van der Waals surface area contributed by atoms with Crippen molar-refractivity contribution in [3.63, 3.8) is 0 Å². The molecule has 0 saturated carbocycles. The molecule has 1 aromatic carbocycles. The molecule has 0 spiro atoms. The molecule has 3 aromatic heterocycles. The minimum atomic E-state index is -3.85. The molecule has 0 saturated heterocycles. The highest BCUT2D eigenvalue weighted by molar-refractivity contribution is 7.92.